The topological polar surface area (TPSA) is 27.6 Å². The first-order chi connectivity index (χ1) is 8.15. The highest BCUT2D eigenvalue weighted by Gasteiger charge is 2.20. The van der Waals surface area contributed by atoms with E-state index in [1.165, 1.54) is 12.2 Å². The Balaban J connectivity index is 2.23. The Labute approximate surface area is 110 Å². The molecular weight excluding hydrogens is 230 g/mol. The van der Waals surface area contributed by atoms with Gasteiger partial charge in [-0.25, -0.2) is 0 Å². The van der Waals surface area contributed by atoms with E-state index in [-0.39, 0.29) is 0 Å². The number of hydrogen-bond donors (Lipinski definition) is 1. The van der Waals surface area contributed by atoms with E-state index in [1.807, 2.05) is 11.8 Å². The molecule has 0 bridgehead atoms. The van der Waals surface area contributed by atoms with E-state index < -0.39 is 0 Å². The van der Waals surface area contributed by atoms with Gasteiger partial charge in [0.1, 0.15) is 0 Å². The fraction of sp³-hybridized carbons (Fsp3) is 0.923. The second-order valence-electron chi connectivity index (χ2n) is 5.00. The maximum atomic E-state index is 4.64. The van der Waals surface area contributed by atoms with Crippen molar-refractivity contribution in [3.8, 4) is 0 Å². The summed E-state index contributed by atoms with van der Waals surface area (Å²) in [7, 11) is 0. The normalized spacial score (nSPS) is 22.7. The average Bonchev–Trinajstić information content (AvgIpc) is 2.71. The van der Waals surface area contributed by atoms with E-state index in [0.29, 0.717) is 6.04 Å². The van der Waals surface area contributed by atoms with Gasteiger partial charge in [-0.1, -0.05) is 39.5 Å². The Hall–Kier alpha value is -0.220. The number of likely N-dealkylation sites (N-methyl/N-ethyl adjacent to an activating group) is 1. The minimum atomic E-state index is 0.632. The maximum absolute atomic E-state index is 4.64. The van der Waals surface area contributed by atoms with Gasteiger partial charge in [0.25, 0.3) is 0 Å². The zero-order chi connectivity index (χ0) is 12.7. The molecule has 0 aromatic heterocycles. The van der Waals surface area contributed by atoms with Crippen LogP contribution in [-0.4, -0.2) is 48.0 Å². The van der Waals surface area contributed by atoms with Crippen molar-refractivity contribution in [2.45, 2.75) is 40.2 Å². The molecule has 100 valence electrons. The quantitative estimate of drug-likeness (QED) is 0.759. The van der Waals surface area contributed by atoms with Gasteiger partial charge in [0, 0.05) is 18.3 Å². The molecule has 1 fully saturated rings. The first-order valence-electron chi connectivity index (χ1n) is 6.81. The second kappa shape index (κ2) is 7.98. The minimum absolute atomic E-state index is 0.632. The lowest BCUT2D eigenvalue weighted by atomic mass is 10.1. The van der Waals surface area contributed by atoms with Crippen LogP contribution in [0.15, 0.2) is 4.99 Å². The summed E-state index contributed by atoms with van der Waals surface area (Å²) in [6, 6.07) is 0.632. The molecule has 1 heterocycles. The van der Waals surface area contributed by atoms with Crippen molar-refractivity contribution in [2.24, 2.45) is 10.9 Å². The summed E-state index contributed by atoms with van der Waals surface area (Å²) in [5.41, 5.74) is 0. The maximum Gasteiger partial charge on any atom is 0.156 e. The third kappa shape index (κ3) is 5.77. The first-order valence-corrected chi connectivity index (χ1v) is 7.80. The minimum Gasteiger partial charge on any atom is -0.361 e. The molecule has 0 amide bonds. The third-order valence-corrected chi connectivity index (χ3v) is 4.16. The van der Waals surface area contributed by atoms with Gasteiger partial charge < -0.3 is 10.2 Å². The first kappa shape index (κ1) is 14.8. The van der Waals surface area contributed by atoms with E-state index in [2.05, 4.69) is 42.9 Å². The van der Waals surface area contributed by atoms with Crippen LogP contribution >= 0.6 is 11.8 Å². The van der Waals surface area contributed by atoms with Crippen LogP contribution in [0.2, 0.25) is 0 Å². The molecule has 1 aliphatic rings. The monoisotopic (exact) mass is 257 g/mol. The number of nitrogens with one attached hydrogen (secondary N) is 1. The smallest absolute Gasteiger partial charge is 0.156 e. The van der Waals surface area contributed by atoms with Crippen LogP contribution < -0.4 is 5.32 Å². The van der Waals surface area contributed by atoms with Gasteiger partial charge in [0.2, 0.25) is 0 Å². The molecule has 0 spiro atoms. The Morgan fingerprint density at radius 1 is 1.41 bits per heavy atom. The summed E-state index contributed by atoms with van der Waals surface area (Å²) >= 11 is 1.88. The molecule has 1 rings (SSSR count). The van der Waals surface area contributed by atoms with Crippen LogP contribution in [0, 0.1) is 5.92 Å². The van der Waals surface area contributed by atoms with Gasteiger partial charge in [0.15, 0.2) is 5.17 Å². The van der Waals surface area contributed by atoms with E-state index in [1.54, 1.807) is 0 Å². The fourth-order valence-electron chi connectivity index (χ4n) is 2.06. The van der Waals surface area contributed by atoms with E-state index >= 15 is 0 Å². The highest BCUT2D eigenvalue weighted by Crippen LogP contribution is 2.18. The second-order valence-corrected chi connectivity index (χ2v) is 6.00. The van der Waals surface area contributed by atoms with Crippen molar-refractivity contribution in [1.29, 1.82) is 0 Å². The van der Waals surface area contributed by atoms with Crippen LogP contribution in [0.4, 0.5) is 0 Å². The SMILES string of the molecule is CCN(CC)CCN=C1NC(CC(C)C)CS1. The highest BCUT2D eigenvalue weighted by molar-refractivity contribution is 8.14. The van der Waals surface area contributed by atoms with Gasteiger partial charge in [-0.15, -0.1) is 0 Å². The van der Waals surface area contributed by atoms with Crippen molar-refractivity contribution in [3.63, 3.8) is 0 Å². The van der Waals surface area contributed by atoms with Gasteiger partial charge in [-0.2, -0.15) is 0 Å². The van der Waals surface area contributed by atoms with Gasteiger partial charge >= 0.3 is 0 Å². The van der Waals surface area contributed by atoms with Crippen LogP contribution in [0.1, 0.15) is 34.1 Å². The van der Waals surface area contributed by atoms with Crippen molar-refractivity contribution >= 4 is 16.9 Å². The Bertz CT molecular complexity index is 237. The van der Waals surface area contributed by atoms with Crippen molar-refractivity contribution in [3.05, 3.63) is 0 Å². The molecule has 0 saturated carbocycles. The van der Waals surface area contributed by atoms with Gasteiger partial charge in [0.05, 0.1) is 6.54 Å². The van der Waals surface area contributed by atoms with Gasteiger partial charge in [-0.3, -0.25) is 4.99 Å². The molecule has 0 radical (unpaired) electrons. The number of thioether (sulfide) groups is 1. The summed E-state index contributed by atoms with van der Waals surface area (Å²) in [4.78, 5) is 7.06. The zero-order valence-corrected chi connectivity index (χ0v) is 12.5. The number of amidine groups is 1. The molecule has 1 N–H and O–H groups in total. The number of hydrogen-bond acceptors (Lipinski definition) is 3. The van der Waals surface area contributed by atoms with E-state index in [4.69, 9.17) is 0 Å². The predicted molar refractivity (Wildman–Crippen MR) is 78.9 cm³/mol. The Morgan fingerprint density at radius 2 is 2.12 bits per heavy atom. The van der Waals surface area contributed by atoms with Crippen LogP contribution in [0.3, 0.4) is 0 Å². The lowest BCUT2D eigenvalue weighted by Crippen LogP contribution is -2.29. The van der Waals surface area contributed by atoms with E-state index in [9.17, 15) is 0 Å². The summed E-state index contributed by atoms with van der Waals surface area (Å²) in [6.07, 6.45) is 1.25. The van der Waals surface area contributed by atoms with Crippen LogP contribution in [-0.2, 0) is 0 Å². The molecule has 1 unspecified atom stereocenters. The number of rotatable bonds is 7. The van der Waals surface area contributed by atoms with Gasteiger partial charge in [-0.05, 0) is 25.4 Å². The standard InChI is InChI=1S/C13H27N3S/c1-5-16(6-2)8-7-14-13-15-12(10-17-13)9-11(3)4/h11-12H,5-10H2,1-4H3,(H,14,15). The Morgan fingerprint density at radius 3 is 2.71 bits per heavy atom. The Kier molecular flexibility index (Phi) is 6.97. The summed E-state index contributed by atoms with van der Waals surface area (Å²) in [6.45, 7) is 13.2. The molecule has 1 saturated heterocycles. The molecule has 4 heteroatoms. The fourth-order valence-corrected chi connectivity index (χ4v) is 3.07. The molecule has 0 aliphatic carbocycles. The molecule has 17 heavy (non-hydrogen) atoms. The molecular formula is C13H27N3S. The van der Waals surface area contributed by atoms with Crippen LogP contribution in [0.25, 0.3) is 0 Å². The largest absolute Gasteiger partial charge is 0.361 e. The predicted octanol–water partition coefficient (Wildman–Crippen LogP) is 2.44. The molecule has 0 aromatic rings. The lowest BCUT2D eigenvalue weighted by molar-refractivity contribution is 0.313. The highest BCUT2D eigenvalue weighted by atomic mass is 32.2. The zero-order valence-electron chi connectivity index (χ0n) is 11.7. The third-order valence-electron chi connectivity index (χ3n) is 3.07. The molecule has 3 nitrogen and oxygen atoms in total. The van der Waals surface area contributed by atoms with Crippen LogP contribution in [0.5, 0.6) is 0 Å². The number of aliphatic imine (C=N–C) groups is 1. The van der Waals surface area contributed by atoms with Crippen molar-refractivity contribution in [2.75, 3.05) is 31.9 Å². The molecule has 1 atom stereocenters. The summed E-state index contributed by atoms with van der Waals surface area (Å²) in [5, 5.41) is 4.68. The lowest BCUT2D eigenvalue weighted by Gasteiger charge is -2.16. The van der Waals surface area contributed by atoms with Crippen molar-refractivity contribution in [1.82, 2.24) is 10.2 Å². The summed E-state index contributed by atoms with van der Waals surface area (Å²) in [5.74, 6) is 1.95. The molecule has 0 aromatic carbocycles. The average molecular weight is 257 g/mol. The summed E-state index contributed by atoms with van der Waals surface area (Å²) < 4.78 is 0. The van der Waals surface area contributed by atoms with E-state index in [0.717, 1.165) is 37.3 Å². The number of nitrogens with zero attached hydrogens (tertiary/aromatic N) is 2. The molecule has 1 aliphatic heterocycles. The van der Waals surface area contributed by atoms with Crippen molar-refractivity contribution < 1.29 is 0 Å².